The molecule has 278 valence electrons. The van der Waals surface area contributed by atoms with Crippen LogP contribution in [0.2, 0.25) is 0 Å². The van der Waals surface area contributed by atoms with Crippen molar-refractivity contribution in [2.45, 2.75) is 26.4 Å². The lowest BCUT2D eigenvalue weighted by Gasteiger charge is -2.19. The van der Waals surface area contributed by atoms with Gasteiger partial charge in [0.05, 0.1) is 52.9 Å². The van der Waals surface area contributed by atoms with Crippen LogP contribution in [0.4, 0.5) is 24.0 Å². The molecule has 0 aromatic carbocycles. The summed E-state index contributed by atoms with van der Waals surface area (Å²) in [6.07, 6.45) is -3.41. The zero-order valence-corrected chi connectivity index (χ0v) is 27.6. The average molecular weight is 700 g/mol. The standard InChI is InChI=1S/C27H49N5O16/c1-27(2,3)48-26(39)31-7-11-43-14-18-46-24(37)29-5-9-41-12-16-44-22(35)28-4-8-40-13-17-45-23(36)30-6-10-42-15-19-47-25(38)32-20-21(33)34/h4-20H2,1-3H3,(H,28,35)(H,29,37)(H,30,36)(H,31,39)(H,32,38)(H,33,34). The molecule has 21 heteroatoms. The summed E-state index contributed by atoms with van der Waals surface area (Å²) in [5.74, 6) is -1.20. The number of nitrogens with one attached hydrogen (secondary N) is 5. The molecule has 5 amide bonds. The number of alkyl carbamates (subject to hydrolysis) is 5. The molecule has 6 N–H and O–H groups in total. The lowest BCUT2D eigenvalue weighted by Crippen LogP contribution is -2.34. The largest absolute Gasteiger partial charge is 0.480 e. The first kappa shape index (κ1) is 43.7. The molecular formula is C27H49N5O16. The summed E-state index contributed by atoms with van der Waals surface area (Å²) < 4.78 is 45.4. The SMILES string of the molecule is CC(C)(C)OC(=O)NCCOCCOC(=O)NCCOCCOC(=O)NCCOCCOC(=O)NCCOCCOC(=O)NCC(=O)O. The minimum Gasteiger partial charge on any atom is -0.480 e. The summed E-state index contributed by atoms with van der Waals surface area (Å²) in [6, 6.07) is 0. The number of amides is 5. The normalized spacial score (nSPS) is 10.6. The Morgan fingerprint density at radius 3 is 1.02 bits per heavy atom. The van der Waals surface area contributed by atoms with Gasteiger partial charge in [-0.1, -0.05) is 0 Å². The number of aliphatic carboxylic acids is 1. The van der Waals surface area contributed by atoms with Crippen molar-refractivity contribution in [1.29, 1.82) is 0 Å². The van der Waals surface area contributed by atoms with Gasteiger partial charge in [0.15, 0.2) is 0 Å². The van der Waals surface area contributed by atoms with Crippen molar-refractivity contribution in [2.24, 2.45) is 0 Å². The Kier molecular flexibility index (Phi) is 26.2. The fourth-order valence-electron chi connectivity index (χ4n) is 2.75. The van der Waals surface area contributed by atoms with Crippen LogP contribution in [0.25, 0.3) is 0 Å². The number of carbonyl (C=O) groups is 6. The zero-order chi connectivity index (χ0) is 35.9. The fourth-order valence-corrected chi connectivity index (χ4v) is 2.75. The first-order valence-corrected chi connectivity index (χ1v) is 15.0. The molecule has 0 aliphatic heterocycles. The second kappa shape index (κ2) is 28.8. The van der Waals surface area contributed by atoms with Crippen molar-refractivity contribution >= 4 is 36.4 Å². The Balaban J connectivity index is 3.43. The van der Waals surface area contributed by atoms with Crippen LogP contribution >= 0.6 is 0 Å². The molecule has 21 nitrogen and oxygen atoms in total. The Bertz CT molecular complexity index is 934. The fraction of sp³-hybridized carbons (Fsp3) is 0.778. The molecule has 0 radical (unpaired) electrons. The van der Waals surface area contributed by atoms with E-state index in [0.29, 0.717) is 0 Å². The summed E-state index contributed by atoms with van der Waals surface area (Å²) in [5, 5.41) is 20.4. The van der Waals surface area contributed by atoms with Crippen molar-refractivity contribution in [2.75, 3.05) is 112 Å². The summed E-state index contributed by atoms with van der Waals surface area (Å²) >= 11 is 0. The Labute approximate surface area is 278 Å². The van der Waals surface area contributed by atoms with Crippen molar-refractivity contribution in [3.63, 3.8) is 0 Å². The number of carboxylic acid groups (broad SMARTS) is 1. The number of hydrogen-bond donors (Lipinski definition) is 6. The number of rotatable bonds is 26. The summed E-state index contributed by atoms with van der Waals surface area (Å²) in [5.41, 5.74) is -0.581. The van der Waals surface area contributed by atoms with Crippen LogP contribution < -0.4 is 26.6 Å². The van der Waals surface area contributed by atoms with Gasteiger partial charge in [-0.05, 0) is 20.8 Å². The van der Waals surface area contributed by atoms with E-state index in [0.717, 1.165) is 0 Å². The van der Waals surface area contributed by atoms with E-state index in [1.165, 1.54) is 0 Å². The molecule has 0 fully saturated rings. The van der Waals surface area contributed by atoms with Crippen molar-refractivity contribution in [3.05, 3.63) is 0 Å². The third-order valence-electron chi connectivity index (χ3n) is 4.69. The summed E-state index contributed by atoms with van der Waals surface area (Å²) in [7, 11) is 0. The smallest absolute Gasteiger partial charge is 0.407 e. The third kappa shape index (κ3) is 33.0. The van der Waals surface area contributed by atoms with Gasteiger partial charge in [-0.15, -0.1) is 0 Å². The van der Waals surface area contributed by atoms with Crippen molar-refractivity contribution < 1.29 is 76.5 Å². The number of carboxylic acids is 1. The summed E-state index contributed by atoms with van der Waals surface area (Å²) in [4.78, 5) is 67.7. The van der Waals surface area contributed by atoms with Gasteiger partial charge in [0.25, 0.3) is 0 Å². The Morgan fingerprint density at radius 2 is 0.729 bits per heavy atom. The molecule has 0 saturated carbocycles. The van der Waals surface area contributed by atoms with Gasteiger partial charge in [-0.2, -0.15) is 0 Å². The molecule has 0 aliphatic rings. The highest BCUT2D eigenvalue weighted by Crippen LogP contribution is 2.06. The molecule has 0 aromatic heterocycles. The van der Waals surface area contributed by atoms with Crippen LogP contribution in [0.3, 0.4) is 0 Å². The number of ether oxygens (including phenoxy) is 9. The molecular weight excluding hydrogens is 650 g/mol. The quantitative estimate of drug-likeness (QED) is 0.0494. The Morgan fingerprint density at radius 1 is 0.438 bits per heavy atom. The number of hydrogen-bond acceptors (Lipinski definition) is 15. The first-order chi connectivity index (χ1) is 22.9. The van der Waals surface area contributed by atoms with Gasteiger partial charge in [-0.3, -0.25) is 4.79 Å². The van der Waals surface area contributed by atoms with Gasteiger partial charge >= 0.3 is 36.4 Å². The lowest BCUT2D eigenvalue weighted by atomic mass is 10.2. The highest BCUT2D eigenvalue weighted by atomic mass is 16.6. The van der Waals surface area contributed by atoms with Gasteiger partial charge in [0.2, 0.25) is 0 Å². The molecule has 0 bridgehead atoms. The lowest BCUT2D eigenvalue weighted by molar-refractivity contribution is -0.135. The molecule has 48 heavy (non-hydrogen) atoms. The molecule has 0 aromatic rings. The zero-order valence-electron chi connectivity index (χ0n) is 27.6. The van der Waals surface area contributed by atoms with E-state index in [1.807, 2.05) is 5.32 Å². The van der Waals surface area contributed by atoms with Crippen LogP contribution in [0.15, 0.2) is 0 Å². The predicted octanol–water partition coefficient (Wildman–Crippen LogP) is -0.433. The van der Waals surface area contributed by atoms with Gasteiger partial charge in [-0.25, -0.2) is 24.0 Å². The molecule has 0 heterocycles. The van der Waals surface area contributed by atoms with Crippen LogP contribution in [0.5, 0.6) is 0 Å². The van der Waals surface area contributed by atoms with Gasteiger partial charge in [0, 0.05) is 26.2 Å². The highest BCUT2D eigenvalue weighted by molar-refractivity contribution is 5.76. The van der Waals surface area contributed by atoms with E-state index in [9.17, 15) is 28.8 Å². The molecule has 0 aliphatic carbocycles. The second-order valence-electron chi connectivity index (χ2n) is 9.95. The molecule has 0 spiro atoms. The highest BCUT2D eigenvalue weighted by Gasteiger charge is 2.15. The third-order valence-corrected chi connectivity index (χ3v) is 4.69. The molecule has 0 saturated heterocycles. The topological polar surface area (TPSA) is 266 Å². The van der Waals surface area contributed by atoms with E-state index in [-0.39, 0.29) is 105 Å². The Hall–Kier alpha value is -4.34. The van der Waals surface area contributed by atoms with E-state index in [4.69, 9.17) is 43.0 Å². The van der Waals surface area contributed by atoms with Gasteiger partial charge in [0.1, 0.15) is 38.6 Å². The van der Waals surface area contributed by atoms with E-state index < -0.39 is 48.6 Å². The molecule has 0 atom stereocenters. The maximum atomic E-state index is 11.6. The van der Waals surface area contributed by atoms with Crippen LogP contribution in [0.1, 0.15) is 20.8 Å². The predicted molar refractivity (Wildman–Crippen MR) is 163 cm³/mol. The van der Waals surface area contributed by atoms with Crippen LogP contribution in [-0.4, -0.2) is 159 Å². The second-order valence-corrected chi connectivity index (χ2v) is 9.95. The van der Waals surface area contributed by atoms with E-state index >= 15 is 0 Å². The van der Waals surface area contributed by atoms with E-state index in [1.54, 1.807) is 20.8 Å². The van der Waals surface area contributed by atoms with Crippen LogP contribution in [0, 0.1) is 0 Å². The monoisotopic (exact) mass is 699 g/mol. The molecule has 0 unspecified atom stereocenters. The van der Waals surface area contributed by atoms with Crippen LogP contribution in [-0.2, 0) is 47.4 Å². The molecule has 0 rings (SSSR count). The maximum absolute atomic E-state index is 11.6. The summed E-state index contributed by atoms with van der Waals surface area (Å²) in [6.45, 7) is 6.48. The van der Waals surface area contributed by atoms with E-state index in [2.05, 4.69) is 26.0 Å². The minimum absolute atomic E-state index is 0.00914. The minimum atomic E-state index is -1.20. The van der Waals surface area contributed by atoms with Gasteiger partial charge < -0.3 is 74.3 Å². The maximum Gasteiger partial charge on any atom is 0.407 e. The van der Waals surface area contributed by atoms with Crippen molar-refractivity contribution in [1.82, 2.24) is 26.6 Å². The number of carbonyl (C=O) groups excluding carboxylic acids is 5. The average Bonchev–Trinajstić information content (AvgIpc) is 3.01. The first-order valence-electron chi connectivity index (χ1n) is 15.0. The van der Waals surface area contributed by atoms with Crippen molar-refractivity contribution in [3.8, 4) is 0 Å².